The number of halogens is 1. The molecule has 42 heavy (non-hydrogen) atoms. The van der Waals surface area contributed by atoms with Crippen LogP contribution in [0.3, 0.4) is 0 Å². The van der Waals surface area contributed by atoms with Gasteiger partial charge >= 0.3 is 0 Å². The second kappa shape index (κ2) is 9.85. The third-order valence-corrected chi connectivity index (χ3v) is 9.63. The minimum atomic E-state index is -0.177. The molecule has 4 aromatic carbocycles. The van der Waals surface area contributed by atoms with Crippen molar-refractivity contribution < 1.29 is 4.74 Å². The summed E-state index contributed by atoms with van der Waals surface area (Å²) in [5.41, 5.74) is 6.13. The molecule has 0 fully saturated rings. The molecule has 6 aromatic rings. The van der Waals surface area contributed by atoms with Crippen molar-refractivity contribution in [2.24, 2.45) is 11.8 Å². The molecule has 2 aromatic heterocycles. The summed E-state index contributed by atoms with van der Waals surface area (Å²) in [5, 5.41) is 2.37. The fraction of sp³-hybridized carbons (Fsp3) is 0.132. The van der Waals surface area contributed by atoms with Crippen molar-refractivity contribution in [1.29, 1.82) is 0 Å². The average Bonchev–Trinajstić information content (AvgIpc) is 3.57. The van der Waals surface area contributed by atoms with E-state index in [1.54, 1.807) is 0 Å². The molecule has 2 aliphatic rings. The van der Waals surface area contributed by atoms with Crippen molar-refractivity contribution in [3.8, 4) is 17.3 Å². The number of rotatable bonds is 5. The van der Waals surface area contributed by atoms with Crippen LogP contribution in [-0.2, 0) is 5.41 Å². The van der Waals surface area contributed by atoms with E-state index in [0.29, 0.717) is 11.8 Å². The van der Waals surface area contributed by atoms with Gasteiger partial charge in [0.05, 0.1) is 11.0 Å². The molecule has 0 saturated heterocycles. The third-order valence-electron chi connectivity index (χ3n) is 9.14. The summed E-state index contributed by atoms with van der Waals surface area (Å²) in [6.45, 7) is 2.41. The zero-order chi connectivity index (χ0) is 28.3. The van der Waals surface area contributed by atoms with Crippen molar-refractivity contribution >= 4 is 37.7 Å². The maximum atomic E-state index is 6.32. The number of para-hydroxylation sites is 1. The van der Waals surface area contributed by atoms with Crippen molar-refractivity contribution in [3.05, 3.63) is 155 Å². The van der Waals surface area contributed by atoms with Crippen LogP contribution in [0.1, 0.15) is 24.5 Å². The number of hydrogen-bond donors (Lipinski definition) is 0. The van der Waals surface area contributed by atoms with Gasteiger partial charge in [-0.05, 0) is 72.0 Å². The number of pyridine rings is 1. The normalized spacial score (nSPS) is 21.1. The highest BCUT2D eigenvalue weighted by molar-refractivity contribution is 9.10. The third kappa shape index (κ3) is 3.89. The van der Waals surface area contributed by atoms with Crippen LogP contribution in [0.5, 0.6) is 11.5 Å². The summed E-state index contributed by atoms with van der Waals surface area (Å²) in [5.74, 6) is 3.23. The Kier molecular flexibility index (Phi) is 5.94. The van der Waals surface area contributed by atoms with Crippen LogP contribution in [-0.4, -0.2) is 9.55 Å². The van der Waals surface area contributed by atoms with Gasteiger partial charge in [0.25, 0.3) is 0 Å². The van der Waals surface area contributed by atoms with E-state index in [4.69, 9.17) is 9.72 Å². The highest BCUT2D eigenvalue weighted by Crippen LogP contribution is 2.54. The molecule has 204 valence electrons. The summed E-state index contributed by atoms with van der Waals surface area (Å²) in [7, 11) is 0. The molecule has 2 heterocycles. The van der Waals surface area contributed by atoms with E-state index >= 15 is 0 Å². The standard InChI is InChI=1S/C38H29BrN2O/c1-25-20-26-14-15-28(21-26)38(25,27-8-3-2-4-9-27)29-18-19-40-37(22-29)41-35-13-6-5-12-33(35)34-17-16-32(24-36(34)41)42-31-11-7-10-30(39)23-31/h2-19,21-25,28H,20H2,1H3. The van der Waals surface area contributed by atoms with Gasteiger partial charge < -0.3 is 4.74 Å². The van der Waals surface area contributed by atoms with Crippen LogP contribution < -0.4 is 4.74 Å². The Bertz CT molecular complexity index is 2040. The molecule has 2 bridgehead atoms. The lowest BCUT2D eigenvalue weighted by atomic mass is 9.57. The van der Waals surface area contributed by atoms with Crippen molar-refractivity contribution in [2.45, 2.75) is 18.8 Å². The minimum Gasteiger partial charge on any atom is -0.457 e. The molecule has 0 saturated carbocycles. The molecule has 3 atom stereocenters. The molecule has 0 amide bonds. The van der Waals surface area contributed by atoms with E-state index in [0.717, 1.165) is 39.2 Å². The molecule has 8 rings (SSSR count). The molecule has 0 N–H and O–H groups in total. The number of hydrogen-bond acceptors (Lipinski definition) is 2. The van der Waals surface area contributed by atoms with Gasteiger partial charge in [-0.15, -0.1) is 0 Å². The Morgan fingerprint density at radius 1 is 0.786 bits per heavy atom. The zero-order valence-corrected chi connectivity index (χ0v) is 24.8. The molecular weight excluding hydrogens is 580 g/mol. The van der Waals surface area contributed by atoms with Gasteiger partial charge in [-0.1, -0.05) is 101 Å². The van der Waals surface area contributed by atoms with Gasteiger partial charge in [0, 0.05) is 38.8 Å². The first-order valence-electron chi connectivity index (χ1n) is 14.5. The summed E-state index contributed by atoms with van der Waals surface area (Å²) in [4.78, 5) is 5.00. The predicted molar refractivity (Wildman–Crippen MR) is 175 cm³/mol. The van der Waals surface area contributed by atoms with E-state index in [1.807, 2.05) is 36.5 Å². The van der Waals surface area contributed by atoms with E-state index in [9.17, 15) is 0 Å². The first-order chi connectivity index (χ1) is 20.6. The number of nitrogens with zero attached hydrogens (tertiary/aromatic N) is 2. The molecule has 3 nitrogen and oxygen atoms in total. The van der Waals surface area contributed by atoms with Gasteiger partial charge in [0.2, 0.25) is 0 Å². The number of allylic oxidation sites excluding steroid dienone is 4. The quantitative estimate of drug-likeness (QED) is 0.195. The summed E-state index contributed by atoms with van der Waals surface area (Å²) >= 11 is 3.56. The zero-order valence-electron chi connectivity index (χ0n) is 23.2. The van der Waals surface area contributed by atoms with Gasteiger partial charge in [-0.2, -0.15) is 0 Å². The van der Waals surface area contributed by atoms with E-state index < -0.39 is 0 Å². The predicted octanol–water partition coefficient (Wildman–Crippen LogP) is 10.2. The molecular formula is C38H29BrN2O. The fourth-order valence-corrected chi connectivity index (χ4v) is 7.77. The lowest BCUT2D eigenvalue weighted by molar-refractivity contribution is 0.286. The lowest BCUT2D eigenvalue weighted by Gasteiger charge is -2.46. The van der Waals surface area contributed by atoms with Gasteiger partial charge in [0.15, 0.2) is 0 Å². The second-order valence-electron chi connectivity index (χ2n) is 11.5. The van der Waals surface area contributed by atoms with Gasteiger partial charge in [-0.25, -0.2) is 4.98 Å². The minimum absolute atomic E-state index is 0.177. The Morgan fingerprint density at radius 3 is 2.48 bits per heavy atom. The Morgan fingerprint density at radius 2 is 1.60 bits per heavy atom. The number of aromatic nitrogens is 2. The molecule has 4 heteroatoms. The van der Waals surface area contributed by atoms with Gasteiger partial charge in [-0.3, -0.25) is 4.57 Å². The van der Waals surface area contributed by atoms with Crippen molar-refractivity contribution in [3.63, 3.8) is 0 Å². The summed E-state index contributed by atoms with van der Waals surface area (Å²) < 4.78 is 9.59. The Balaban J connectivity index is 1.33. The number of fused-ring (bicyclic) bond motifs is 4. The van der Waals surface area contributed by atoms with Crippen LogP contribution in [0.2, 0.25) is 0 Å². The highest BCUT2D eigenvalue weighted by Gasteiger charge is 2.48. The van der Waals surface area contributed by atoms with Crippen molar-refractivity contribution in [2.75, 3.05) is 0 Å². The molecule has 2 aliphatic carbocycles. The summed E-state index contributed by atoms with van der Waals surface area (Å²) in [6.07, 6.45) is 10.2. The van der Waals surface area contributed by atoms with Crippen LogP contribution >= 0.6 is 15.9 Å². The first kappa shape index (κ1) is 25.3. The van der Waals surface area contributed by atoms with Crippen LogP contribution in [0.15, 0.2) is 144 Å². The monoisotopic (exact) mass is 608 g/mol. The molecule has 0 radical (unpaired) electrons. The second-order valence-corrected chi connectivity index (χ2v) is 12.4. The van der Waals surface area contributed by atoms with Crippen LogP contribution in [0, 0.1) is 11.8 Å². The Labute approximate surface area is 253 Å². The molecule has 0 spiro atoms. The molecule has 0 aliphatic heterocycles. The largest absolute Gasteiger partial charge is 0.457 e. The lowest BCUT2D eigenvalue weighted by Crippen LogP contribution is -2.42. The van der Waals surface area contributed by atoms with E-state index in [-0.39, 0.29) is 5.41 Å². The summed E-state index contributed by atoms with van der Waals surface area (Å²) in [6, 6.07) is 38.5. The van der Waals surface area contributed by atoms with E-state index in [1.165, 1.54) is 27.5 Å². The fourth-order valence-electron chi connectivity index (χ4n) is 7.39. The highest BCUT2D eigenvalue weighted by atomic mass is 79.9. The number of ether oxygens (including phenoxy) is 1. The topological polar surface area (TPSA) is 27.1 Å². The average molecular weight is 610 g/mol. The number of benzene rings is 4. The SMILES string of the molecule is CC1CC2=CC(C=C2)C1(c1ccccc1)c1ccnc(-n2c3ccccc3c3ccc(Oc4cccc(Br)c4)cc32)c1. The first-order valence-corrected chi connectivity index (χ1v) is 15.3. The maximum Gasteiger partial charge on any atom is 0.137 e. The van der Waals surface area contributed by atoms with Crippen LogP contribution in [0.4, 0.5) is 0 Å². The van der Waals surface area contributed by atoms with Crippen LogP contribution in [0.25, 0.3) is 27.6 Å². The maximum absolute atomic E-state index is 6.32. The van der Waals surface area contributed by atoms with Crippen molar-refractivity contribution in [1.82, 2.24) is 9.55 Å². The smallest absolute Gasteiger partial charge is 0.137 e. The molecule has 3 unspecified atom stereocenters. The Hall–Kier alpha value is -4.41. The van der Waals surface area contributed by atoms with Gasteiger partial charge in [0.1, 0.15) is 17.3 Å². The van der Waals surface area contributed by atoms with E-state index in [2.05, 4.69) is 125 Å².